The molecule has 0 amide bonds. The van der Waals surface area contributed by atoms with Crippen molar-refractivity contribution in [3.05, 3.63) is 45.7 Å². The van der Waals surface area contributed by atoms with E-state index in [1.54, 1.807) is 19.4 Å². The molecular formula is C27H36N4O4. The number of nitrogens with zero attached hydrogens (tertiary/aromatic N) is 4. The molecule has 8 nitrogen and oxygen atoms in total. The lowest BCUT2D eigenvalue weighted by molar-refractivity contribution is 0.0535. The summed E-state index contributed by atoms with van der Waals surface area (Å²) in [5, 5.41) is 20.3. The van der Waals surface area contributed by atoms with E-state index in [1.807, 2.05) is 13.0 Å². The zero-order chi connectivity index (χ0) is 25.1. The molecule has 35 heavy (non-hydrogen) atoms. The van der Waals surface area contributed by atoms with Gasteiger partial charge in [0, 0.05) is 57.5 Å². The molecule has 0 saturated carbocycles. The summed E-state index contributed by atoms with van der Waals surface area (Å²) in [4.78, 5) is 21.3. The van der Waals surface area contributed by atoms with Crippen molar-refractivity contribution < 1.29 is 19.4 Å². The lowest BCUT2D eigenvalue weighted by Gasteiger charge is -2.38. The van der Waals surface area contributed by atoms with E-state index < -0.39 is 6.10 Å². The Morgan fingerprint density at radius 3 is 2.60 bits per heavy atom. The van der Waals surface area contributed by atoms with Crippen LogP contribution in [0.3, 0.4) is 0 Å². The number of hydrogen-bond acceptors (Lipinski definition) is 8. The molecule has 4 rings (SSSR count). The molecule has 0 radical (unpaired) electrons. The van der Waals surface area contributed by atoms with Crippen LogP contribution in [0.1, 0.15) is 53.4 Å². The van der Waals surface area contributed by atoms with Crippen LogP contribution in [0.25, 0.3) is 0 Å². The van der Waals surface area contributed by atoms with E-state index in [4.69, 9.17) is 14.5 Å². The third-order valence-electron chi connectivity index (χ3n) is 7.73. The van der Waals surface area contributed by atoms with Crippen LogP contribution in [-0.4, -0.2) is 79.5 Å². The molecule has 1 aromatic rings. The predicted octanol–water partition coefficient (Wildman–Crippen LogP) is 2.86. The predicted molar refractivity (Wildman–Crippen MR) is 133 cm³/mol. The summed E-state index contributed by atoms with van der Waals surface area (Å²) >= 11 is 0. The van der Waals surface area contributed by atoms with Crippen molar-refractivity contribution in [2.75, 3.05) is 46.4 Å². The Labute approximate surface area is 207 Å². The number of rotatable bonds is 7. The first kappa shape index (κ1) is 25.4. The van der Waals surface area contributed by atoms with Crippen LogP contribution in [0.2, 0.25) is 0 Å². The third kappa shape index (κ3) is 5.43. The van der Waals surface area contributed by atoms with E-state index in [0.717, 1.165) is 61.6 Å². The fourth-order valence-corrected chi connectivity index (χ4v) is 5.64. The van der Waals surface area contributed by atoms with Crippen LogP contribution in [0, 0.1) is 30.1 Å². The summed E-state index contributed by atoms with van der Waals surface area (Å²) in [5.74, 6) is 1.10. The van der Waals surface area contributed by atoms with Gasteiger partial charge >= 0.3 is 5.97 Å². The molecule has 0 aliphatic carbocycles. The molecule has 1 aromatic carbocycles. The second kappa shape index (κ2) is 10.9. The molecular weight excluding hydrogens is 444 g/mol. The van der Waals surface area contributed by atoms with Crippen LogP contribution < -0.4 is 0 Å². The standard InChI is InChI=1S/C27H36N4O4/c1-17-11-25(34-4)20(12-28)13-29-26(17)18(2)14-30-7-9-31(10-8-30)15-24(32)21-5-6-22-23(19(21)3)16-35-27(22)33/h5-6,13,17-18,24,26,32H,7-11,14-16H2,1-4H3. The van der Waals surface area contributed by atoms with Crippen molar-refractivity contribution in [1.29, 1.82) is 5.26 Å². The number of nitriles is 1. The summed E-state index contributed by atoms with van der Waals surface area (Å²) in [6, 6.07) is 5.98. The molecule has 0 bridgehead atoms. The monoisotopic (exact) mass is 480 g/mol. The molecule has 3 heterocycles. The topological polar surface area (TPSA) is 98.4 Å². The minimum Gasteiger partial charge on any atom is -0.500 e. The van der Waals surface area contributed by atoms with Gasteiger partial charge in [0.15, 0.2) is 0 Å². The van der Waals surface area contributed by atoms with Crippen molar-refractivity contribution in [2.24, 2.45) is 16.8 Å². The van der Waals surface area contributed by atoms with Crippen molar-refractivity contribution in [3.8, 4) is 6.07 Å². The van der Waals surface area contributed by atoms with Crippen molar-refractivity contribution >= 4 is 12.2 Å². The number of piperazine rings is 1. The number of cyclic esters (lactones) is 1. The lowest BCUT2D eigenvalue weighted by Crippen LogP contribution is -2.49. The summed E-state index contributed by atoms with van der Waals surface area (Å²) in [6.45, 7) is 11.9. The smallest absolute Gasteiger partial charge is 0.338 e. The highest BCUT2D eigenvalue weighted by molar-refractivity contribution is 5.94. The van der Waals surface area contributed by atoms with E-state index in [0.29, 0.717) is 36.1 Å². The molecule has 188 valence electrons. The minimum atomic E-state index is -0.598. The normalized spacial score (nSPS) is 25.0. The zero-order valence-electron chi connectivity index (χ0n) is 21.2. The first-order chi connectivity index (χ1) is 16.8. The Hall–Kier alpha value is -2.73. The largest absolute Gasteiger partial charge is 0.500 e. The maximum atomic E-state index is 11.8. The lowest BCUT2D eigenvalue weighted by atomic mass is 9.88. The number of carbonyl (C=O) groups is 1. The van der Waals surface area contributed by atoms with Gasteiger partial charge in [0.2, 0.25) is 0 Å². The average Bonchev–Trinajstić information content (AvgIpc) is 3.14. The second-order valence-corrected chi connectivity index (χ2v) is 10.1. The van der Waals surface area contributed by atoms with Crippen molar-refractivity contribution in [3.63, 3.8) is 0 Å². The molecule has 8 heteroatoms. The van der Waals surface area contributed by atoms with Gasteiger partial charge in [0.05, 0.1) is 24.8 Å². The highest BCUT2D eigenvalue weighted by Gasteiger charge is 2.30. The Morgan fingerprint density at radius 1 is 1.26 bits per heavy atom. The Balaban J connectivity index is 1.29. The summed E-state index contributed by atoms with van der Waals surface area (Å²) in [6.07, 6.45) is 1.81. The molecule has 1 fully saturated rings. The first-order valence-electron chi connectivity index (χ1n) is 12.4. The Kier molecular flexibility index (Phi) is 7.90. The third-order valence-corrected chi connectivity index (χ3v) is 7.73. The second-order valence-electron chi connectivity index (χ2n) is 10.1. The molecule has 4 atom stereocenters. The van der Waals surface area contributed by atoms with E-state index in [1.165, 1.54) is 0 Å². The first-order valence-corrected chi connectivity index (χ1v) is 12.4. The highest BCUT2D eigenvalue weighted by atomic mass is 16.5. The molecule has 0 spiro atoms. The van der Waals surface area contributed by atoms with Crippen molar-refractivity contribution in [1.82, 2.24) is 9.80 Å². The van der Waals surface area contributed by atoms with Crippen LogP contribution in [0.15, 0.2) is 28.5 Å². The fourth-order valence-electron chi connectivity index (χ4n) is 5.64. The van der Waals surface area contributed by atoms with Gasteiger partial charge in [-0.25, -0.2) is 4.79 Å². The molecule has 4 unspecified atom stereocenters. The van der Waals surface area contributed by atoms with Gasteiger partial charge in [-0.2, -0.15) is 5.26 Å². The molecule has 1 saturated heterocycles. The molecule has 0 aromatic heterocycles. The number of methoxy groups -OCH3 is 1. The maximum absolute atomic E-state index is 11.8. The van der Waals surface area contributed by atoms with Gasteiger partial charge in [0.1, 0.15) is 24.0 Å². The van der Waals surface area contributed by atoms with E-state index in [2.05, 4.69) is 29.7 Å². The summed E-state index contributed by atoms with van der Waals surface area (Å²) in [5.41, 5.74) is 3.87. The number of aliphatic hydroxyl groups excluding tert-OH is 1. The summed E-state index contributed by atoms with van der Waals surface area (Å²) in [7, 11) is 1.62. The zero-order valence-corrected chi connectivity index (χ0v) is 21.2. The Bertz CT molecular complexity index is 1050. The number of aliphatic hydroxyl groups is 1. The van der Waals surface area contributed by atoms with Crippen LogP contribution in [0.5, 0.6) is 0 Å². The van der Waals surface area contributed by atoms with Gasteiger partial charge in [-0.05, 0) is 36.0 Å². The van der Waals surface area contributed by atoms with Crippen molar-refractivity contribution in [2.45, 2.75) is 45.9 Å². The number of carbonyl (C=O) groups excluding carboxylic acids is 1. The molecule has 3 aliphatic heterocycles. The van der Waals surface area contributed by atoms with Crippen LogP contribution in [-0.2, 0) is 16.1 Å². The average molecular weight is 481 g/mol. The van der Waals surface area contributed by atoms with Gasteiger partial charge in [-0.15, -0.1) is 0 Å². The SMILES string of the molecule is COC1=C(C#N)C=NC(C(C)CN2CCN(CC(O)c3ccc4c(c3C)COC4=O)CC2)C(C)C1. The number of hydrogen-bond donors (Lipinski definition) is 1. The number of benzene rings is 1. The number of allylic oxidation sites excluding steroid dienone is 2. The van der Waals surface area contributed by atoms with E-state index >= 15 is 0 Å². The Morgan fingerprint density at radius 2 is 1.94 bits per heavy atom. The number of fused-ring (bicyclic) bond motifs is 1. The number of aliphatic imine (C=N–C) groups is 1. The van der Waals surface area contributed by atoms with Gasteiger partial charge in [-0.3, -0.25) is 9.89 Å². The van der Waals surface area contributed by atoms with Crippen LogP contribution >= 0.6 is 0 Å². The molecule has 3 aliphatic rings. The summed E-state index contributed by atoms with van der Waals surface area (Å²) < 4.78 is 10.6. The van der Waals surface area contributed by atoms with E-state index in [-0.39, 0.29) is 12.0 Å². The van der Waals surface area contributed by atoms with Gasteiger partial charge < -0.3 is 19.5 Å². The minimum absolute atomic E-state index is 0.143. The van der Waals surface area contributed by atoms with Gasteiger partial charge in [0.25, 0.3) is 0 Å². The quantitative estimate of drug-likeness (QED) is 0.599. The highest BCUT2D eigenvalue weighted by Crippen LogP contribution is 2.30. The van der Waals surface area contributed by atoms with Crippen LogP contribution in [0.4, 0.5) is 0 Å². The fraction of sp³-hybridized carbons (Fsp3) is 0.593. The van der Waals surface area contributed by atoms with Gasteiger partial charge in [-0.1, -0.05) is 19.9 Å². The van der Waals surface area contributed by atoms with E-state index in [9.17, 15) is 15.2 Å². The number of esters is 1. The molecule has 1 N–H and O–H groups in total. The number of β-amino-alcohol motifs (C(OH)–C–C–N with tert-alkyl or cyclic N) is 1. The maximum Gasteiger partial charge on any atom is 0.338 e. The number of ether oxygens (including phenoxy) is 2.